The molecule has 6 heteroatoms. The summed E-state index contributed by atoms with van der Waals surface area (Å²) in [5.41, 5.74) is 0. The topological polar surface area (TPSA) is 68.1 Å². The van der Waals surface area contributed by atoms with Crippen LogP contribution in [0.25, 0.3) is 0 Å². The summed E-state index contributed by atoms with van der Waals surface area (Å²) in [6, 6.07) is 5.94. The normalized spacial score (nSPS) is 10.2. The quantitative estimate of drug-likeness (QED) is 0.823. The first kappa shape index (κ1) is 9.45. The van der Waals surface area contributed by atoms with Gasteiger partial charge in [0.25, 0.3) is 5.89 Å². The van der Waals surface area contributed by atoms with Gasteiger partial charge in [-0.25, -0.2) is 14.3 Å². The minimum absolute atomic E-state index is 0.0725. The van der Waals surface area contributed by atoms with E-state index in [-0.39, 0.29) is 18.2 Å². The van der Waals surface area contributed by atoms with Crippen LogP contribution in [0, 0.1) is 5.82 Å². The van der Waals surface area contributed by atoms with Gasteiger partial charge in [0, 0.05) is 0 Å². The van der Waals surface area contributed by atoms with Crippen molar-refractivity contribution in [1.29, 1.82) is 0 Å². The van der Waals surface area contributed by atoms with Crippen molar-refractivity contribution in [1.82, 2.24) is 10.2 Å². The van der Waals surface area contributed by atoms with Crippen LogP contribution in [-0.4, -0.2) is 10.2 Å². The van der Waals surface area contributed by atoms with E-state index in [9.17, 15) is 9.18 Å². The third-order valence-corrected chi connectivity index (χ3v) is 1.67. The SMILES string of the molecule is O=c1[nH]nc(COc2ccccc2F)o1. The first-order valence-corrected chi connectivity index (χ1v) is 4.17. The lowest BCUT2D eigenvalue weighted by Gasteiger charge is -2.02. The molecule has 0 fully saturated rings. The molecule has 0 aliphatic rings. The molecule has 0 saturated carbocycles. The number of aromatic nitrogens is 2. The van der Waals surface area contributed by atoms with Gasteiger partial charge < -0.3 is 9.15 Å². The monoisotopic (exact) mass is 210 g/mol. The van der Waals surface area contributed by atoms with Crippen LogP contribution in [0.2, 0.25) is 0 Å². The van der Waals surface area contributed by atoms with Crippen LogP contribution in [0.4, 0.5) is 4.39 Å². The molecule has 1 aromatic heterocycles. The lowest BCUT2D eigenvalue weighted by molar-refractivity contribution is 0.249. The number of hydrogen-bond donors (Lipinski definition) is 1. The Morgan fingerprint density at radius 2 is 2.27 bits per heavy atom. The highest BCUT2D eigenvalue weighted by Crippen LogP contribution is 2.16. The van der Waals surface area contributed by atoms with Gasteiger partial charge in [-0.05, 0) is 12.1 Å². The number of halogens is 1. The zero-order chi connectivity index (χ0) is 10.7. The Bertz CT molecular complexity index is 506. The van der Waals surface area contributed by atoms with Crippen LogP contribution in [0.5, 0.6) is 5.75 Å². The fourth-order valence-corrected chi connectivity index (χ4v) is 1.02. The van der Waals surface area contributed by atoms with Crippen molar-refractivity contribution in [3.8, 4) is 5.75 Å². The van der Waals surface area contributed by atoms with Crippen LogP contribution in [0.3, 0.4) is 0 Å². The van der Waals surface area contributed by atoms with Crippen molar-refractivity contribution >= 4 is 0 Å². The zero-order valence-electron chi connectivity index (χ0n) is 7.57. The predicted octanol–water partition coefficient (Wildman–Crippen LogP) is 1.08. The van der Waals surface area contributed by atoms with Crippen LogP contribution in [0.1, 0.15) is 5.89 Å². The van der Waals surface area contributed by atoms with Gasteiger partial charge in [-0.15, -0.1) is 5.10 Å². The van der Waals surface area contributed by atoms with E-state index in [1.165, 1.54) is 12.1 Å². The number of rotatable bonds is 3. The number of nitrogens with zero attached hydrogens (tertiary/aromatic N) is 1. The molecule has 78 valence electrons. The van der Waals surface area contributed by atoms with Crippen molar-refractivity contribution in [3.63, 3.8) is 0 Å². The van der Waals surface area contributed by atoms with Gasteiger partial charge >= 0.3 is 5.76 Å². The molecular formula is C9H7FN2O3. The number of ether oxygens (including phenoxy) is 1. The highest BCUT2D eigenvalue weighted by molar-refractivity contribution is 5.23. The summed E-state index contributed by atoms with van der Waals surface area (Å²) in [5, 5.41) is 5.58. The van der Waals surface area contributed by atoms with E-state index in [1.54, 1.807) is 12.1 Å². The van der Waals surface area contributed by atoms with E-state index in [0.717, 1.165) is 0 Å². The van der Waals surface area contributed by atoms with Gasteiger partial charge in [0.2, 0.25) is 0 Å². The second-order valence-corrected chi connectivity index (χ2v) is 2.73. The largest absolute Gasteiger partial charge is 0.481 e. The van der Waals surface area contributed by atoms with E-state index < -0.39 is 11.6 Å². The van der Waals surface area contributed by atoms with Crippen LogP contribution in [0.15, 0.2) is 33.5 Å². The molecule has 0 aliphatic heterocycles. The fourth-order valence-electron chi connectivity index (χ4n) is 1.02. The van der Waals surface area contributed by atoms with Gasteiger partial charge in [-0.2, -0.15) is 0 Å². The highest BCUT2D eigenvalue weighted by atomic mass is 19.1. The van der Waals surface area contributed by atoms with Crippen molar-refractivity contribution < 1.29 is 13.5 Å². The van der Waals surface area contributed by atoms with Crippen LogP contribution < -0.4 is 10.5 Å². The lowest BCUT2D eigenvalue weighted by Crippen LogP contribution is -1.97. The summed E-state index contributed by atoms with van der Waals surface area (Å²) in [7, 11) is 0. The third-order valence-electron chi connectivity index (χ3n) is 1.67. The summed E-state index contributed by atoms with van der Waals surface area (Å²) in [4.78, 5) is 10.6. The van der Waals surface area contributed by atoms with Gasteiger partial charge in [-0.3, -0.25) is 0 Å². The average Bonchev–Trinajstić information content (AvgIpc) is 2.63. The molecule has 0 atom stereocenters. The smallest absolute Gasteiger partial charge is 0.434 e. The molecule has 15 heavy (non-hydrogen) atoms. The second kappa shape index (κ2) is 3.95. The maximum Gasteiger partial charge on any atom is 0.434 e. The van der Waals surface area contributed by atoms with E-state index in [2.05, 4.69) is 14.6 Å². The summed E-state index contributed by atoms with van der Waals surface area (Å²) in [6.45, 7) is -0.0975. The second-order valence-electron chi connectivity index (χ2n) is 2.73. The minimum atomic E-state index is -0.665. The van der Waals surface area contributed by atoms with Gasteiger partial charge in [0.1, 0.15) is 0 Å². The van der Waals surface area contributed by atoms with Crippen molar-refractivity contribution in [2.24, 2.45) is 0 Å². The molecule has 1 heterocycles. The molecule has 0 unspecified atom stereocenters. The van der Waals surface area contributed by atoms with Crippen molar-refractivity contribution in [2.45, 2.75) is 6.61 Å². The Hall–Kier alpha value is -2.11. The molecule has 0 saturated heterocycles. The standard InChI is InChI=1S/C9H7FN2O3/c10-6-3-1-2-4-7(6)14-5-8-11-12-9(13)15-8/h1-4H,5H2,(H,12,13). The Morgan fingerprint density at radius 3 is 2.93 bits per heavy atom. The van der Waals surface area contributed by atoms with Crippen LogP contribution in [-0.2, 0) is 6.61 Å². The number of para-hydroxylation sites is 1. The summed E-state index contributed by atoms with van der Waals surface area (Å²) in [5.74, 6) is -0.982. The van der Waals surface area contributed by atoms with Crippen LogP contribution >= 0.6 is 0 Å². The summed E-state index contributed by atoms with van der Waals surface area (Å²) < 4.78 is 22.7. The lowest BCUT2D eigenvalue weighted by atomic mass is 10.3. The van der Waals surface area contributed by atoms with Gasteiger partial charge in [-0.1, -0.05) is 12.1 Å². The maximum absolute atomic E-state index is 13.1. The molecule has 0 amide bonds. The molecule has 5 nitrogen and oxygen atoms in total. The molecule has 1 N–H and O–H groups in total. The Morgan fingerprint density at radius 1 is 1.47 bits per heavy atom. The average molecular weight is 210 g/mol. The van der Waals surface area contributed by atoms with Gasteiger partial charge in [0.05, 0.1) is 0 Å². The van der Waals surface area contributed by atoms with E-state index in [4.69, 9.17) is 4.74 Å². The molecule has 0 bridgehead atoms. The number of aromatic amines is 1. The molecule has 2 aromatic rings. The molecule has 0 radical (unpaired) electrons. The molecule has 0 aliphatic carbocycles. The molecular weight excluding hydrogens is 203 g/mol. The minimum Gasteiger partial charge on any atom is -0.481 e. The molecule has 0 spiro atoms. The molecule has 2 rings (SSSR count). The van der Waals surface area contributed by atoms with E-state index >= 15 is 0 Å². The Labute approximate surface area is 83.5 Å². The Balaban J connectivity index is 2.05. The number of H-pyrrole nitrogens is 1. The Kier molecular flexibility index (Phi) is 2.49. The van der Waals surface area contributed by atoms with Gasteiger partial charge in [0.15, 0.2) is 18.2 Å². The van der Waals surface area contributed by atoms with E-state index in [0.29, 0.717) is 0 Å². The first-order chi connectivity index (χ1) is 7.25. The van der Waals surface area contributed by atoms with E-state index in [1.807, 2.05) is 0 Å². The third kappa shape index (κ3) is 2.22. The van der Waals surface area contributed by atoms with Crippen molar-refractivity contribution in [3.05, 3.63) is 46.5 Å². The zero-order valence-corrected chi connectivity index (χ0v) is 7.57. The van der Waals surface area contributed by atoms with Crippen molar-refractivity contribution in [2.75, 3.05) is 0 Å². The molecule has 1 aromatic carbocycles. The number of hydrogen-bond acceptors (Lipinski definition) is 4. The number of nitrogens with one attached hydrogen (secondary N) is 1. The summed E-state index contributed by atoms with van der Waals surface area (Å²) in [6.07, 6.45) is 0. The highest BCUT2D eigenvalue weighted by Gasteiger charge is 2.05. The maximum atomic E-state index is 13.1. The summed E-state index contributed by atoms with van der Waals surface area (Å²) >= 11 is 0. The number of benzene rings is 1. The first-order valence-electron chi connectivity index (χ1n) is 4.17. The predicted molar refractivity (Wildman–Crippen MR) is 47.9 cm³/mol. The fraction of sp³-hybridized carbons (Fsp3) is 0.111.